The first-order valence-corrected chi connectivity index (χ1v) is 8.35. The third kappa shape index (κ3) is 5.03. The Balaban J connectivity index is 1.66. The molecule has 0 saturated heterocycles. The molecule has 9 heteroatoms. The molecule has 7 nitrogen and oxygen atoms in total. The number of nitrogens with one attached hydrogen (secondary N) is 1. The molecule has 0 spiro atoms. The minimum Gasteiger partial charge on any atom is -0.485 e. The summed E-state index contributed by atoms with van der Waals surface area (Å²) < 4.78 is 40.0. The van der Waals surface area contributed by atoms with Crippen LogP contribution in [0.4, 0.5) is 8.78 Å². The van der Waals surface area contributed by atoms with Gasteiger partial charge in [0.25, 0.3) is 5.91 Å². The number of carbonyl (C=O) groups is 1. The number of rotatable bonds is 8. The molecule has 1 amide bonds. The van der Waals surface area contributed by atoms with Gasteiger partial charge in [-0.25, -0.2) is 0 Å². The fraction of sp³-hybridized carbons (Fsp3) is 0.211. The van der Waals surface area contributed by atoms with Gasteiger partial charge in [-0.15, -0.1) is 0 Å². The average Bonchev–Trinajstić information content (AvgIpc) is 3.10. The van der Waals surface area contributed by atoms with Crippen molar-refractivity contribution >= 4 is 5.91 Å². The molecule has 0 radical (unpaired) electrons. The van der Waals surface area contributed by atoms with Crippen molar-refractivity contribution in [3.05, 3.63) is 71.4 Å². The van der Waals surface area contributed by atoms with E-state index in [1.54, 1.807) is 49.4 Å². The molecular formula is C19H17F2N3O4. The van der Waals surface area contributed by atoms with Gasteiger partial charge in [0, 0.05) is 19.0 Å². The van der Waals surface area contributed by atoms with Gasteiger partial charge >= 0.3 is 6.61 Å². The molecule has 0 fully saturated rings. The number of hydrogen-bond donors (Lipinski definition) is 1. The summed E-state index contributed by atoms with van der Waals surface area (Å²) >= 11 is 0. The van der Waals surface area contributed by atoms with E-state index in [0.717, 1.165) is 0 Å². The van der Waals surface area contributed by atoms with Crippen molar-refractivity contribution < 1.29 is 27.6 Å². The van der Waals surface area contributed by atoms with Crippen LogP contribution in [0.25, 0.3) is 0 Å². The van der Waals surface area contributed by atoms with Crippen LogP contribution in [0, 0.1) is 6.92 Å². The number of nitrogens with zero attached hydrogens (tertiary/aromatic N) is 2. The van der Waals surface area contributed by atoms with E-state index in [2.05, 4.69) is 20.2 Å². The molecule has 0 aliphatic carbocycles. The van der Waals surface area contributed by atoms with Crippen LogP contribution in [0.1, 0.15) is 27.6 Å². The topological polar surface area (TPSA) is 86.5 Å². The molecular weight excluding hydrogens is 372 g/mol. The van der Waals surface area contributed by atoms with E-state index in [9.17, 15) is 13.6 Å². The lowest BCUT2D eigenvalue weighted by Gasteiger charge is -2.13. The summed E-state index contributed by atoms with van der Waals surface area (Å²) in [6.07, 6.45) is 0. The number of halogens is 2. The van der Waals surface area contributed by atoms with Crippen molar-refractivity contribution in [1.82, 2.24) is 15.5 Å². The first kappa shape index (κ1) is 19.3. The zero-order chi connectivity index (χ0) is 19.9. The smallest absolute Gasteiger partial charge is 0.387 e. The third-order valence-corrected chi connectivity index (χ3v) is 3.69. The van der Waals surface area contributed by atoms with Crippen molar-refractivity contribution in [2.24, 2.45) is 0 Å². The highest BCUT2D eigenvalue weighted by molar-refractivity contribution is 5.96. The average molecular weight is 389 g/mol. The number of hydrogen-bond acceptors (Lipinski definition) is 6. The summed E-state index contributed by atoms with van der Waals surface area (Å²) in [6.45, 7) is -1.24. The Morgan fingerprint density at radius 1 is 1.14 bits per heavy atom. The lowest BCUT2D eigenvalue weighted by molar-refractivity contribution is -0.0504. The molecule has 28 heavy (non-hydrogen) atoms. The molecule has 0 unspecified atom stereocenters. The van der Waals surface area contributed by atoms with Crippen molar-refractivity contribution in [3.63, 3.8) is 0 Å². The Kier molecular flexibility index (Phi) is 6.15. The molecule has 1 aromatic heterocycles. The van der Waals surface area contributed by atoms with E-state index >= 15 is 0 Å². The van der Waals surface area contributed by atoms with Crippen LogP contribution < -0.4 is 14.8 Å². The van der Waals surface area contributed by atoms with Crippen LogP contribution in [-0.2, 0) is 13.2 Å². The Hall–Kier alpha value is -3.49. The van der Waals surface area contributed by atoms with E-state index in [4.69, 9.17) is 9.26 Å². The summed E-state index contributed by atoms with van der Waals surface area (Å²) in [5, 5.41) is 6.41. The minimum absolute atomic E-state index is 0.00908. The molecule has 0 bridgehead atoms. The molecule has 2 aromatic carbocycles. The van der Waals surface area contributed by atoms with Gasteiger partial charge in [-0.2, -0.15) is 13.8 Å². The van der Waals surface area contributed by atoms with Gasteiger partial charge in [0.1, 0.15) is 11.5 Å². The van der Waals surface area contributed by atoms with Gasteiger partial charge in [0.2, 0.25) is 11.7 Å². The number of para-hydroxylation sites is 2. The maximum atomic E-state index is 12.6. The summed E-state index contributed by atoms with van der Waals surface area (Å²) in [4.78, 5) is 16.6. The second-order valence-electron chi connectivity index (χ2n) is 5.68. The fourth-order valence-electron chi connectivity index (χ4n) is 2.45. The molecule has 0 atom stereocenters. The molecule has 0 aliphatic rings. The number of carbonyl (C=O) groups excluding carboxylic acids is 1. The SMILES string of the molecule is Cc1nc(COc2ccccc2C(=O)NCc2ccccc2OC(F)F)no1. The molecule has 3 aromatic rings. The quantitative estimate of drug-likeness (QED) is 0.635. The van der Waals surface area contributed by atoms with Gasteiger partial charge in [-0.05, 0) is 18.2 Å². The minimum atomic E-state index is -2.94. The zero-order valence-electron chi connectivity index (χ0n) is 14.9. The second kappa shape index (κ2) is 8.94. The Labute approximate surface area is 159 Å². The van der Waals surface area contributed by atoms with Gasteiger partial charge in [-0.1, -0.05) is 35.5 Å². The highest BCUT2D eigenvalue weighted by Gasteiger charge is 2.15. The lowest BCUT2D eigenvalue weighted by atomic mass is 10.1. The van der Waals surface area contributed by atoms with E-state index in [1.165, 1.54) is 6.07 Å². The second-order valence-corrected chi connectivity index (χ2v) is 5.68. The number of alkyl halides is 2. The summed E-state index contributed by atoms with van der Waals surface area (Å²) in [7, 11) is 0. The third-order valence-electron chi connectivity index (χ3n) is 3.69. The van der Waals surface area contributed by atoms with Crippen LogP contribution in [0.5, 0.6) is 11.5 Å². The normalized spacial score (nSPS) is 10.7. The van der Waals surface area contributed by atoms with Crippen LogP contribution in [0.3, 0.4) is 0 Å². The maximum Gasteiger partial charge on any atom is 0.387 e. The van der Waals surface area contributed by atoms with Crippen LogP contribution in [0.15, 0.2) is 53.1 Å². The summed E-state index contributed by atoms with van der Waals surface area (Å²) in [5.74, 6) is 0.682. The van der Waals surface area contributed by atoms with Gasteiger partial charge < -0.3 is 19.3 Å². The Morgan fingerprint density at radius 3 is 2.57 bits per heavy atom. The highest BCUT2D eigenvalue weighted by Crippen LogP contribution is 2.22. The molecule has 3 rings (SSSR count). The molecule has 146 valence electrons. The number of ether oxygens (including phenoxy) is 2. The maximum absolute atomic E-state index is 12.6. The Morgan fingerprint density at radius 2 is 1.86 bits per heavy atom. The van der Waals surface area contributed by atoms with Gasteiger partial charge in [-0.3, -0.25) is 4.79 Å². The fourth-order valence-corrected chi connectivity index (χ4v) is 2.45. The first-order chi connectivity index (χ1) is 13.5. The van der Waals surface area contributed by atoms with Crippen molar-refractivity contribution in [2.75, 3.05) is 0 Å². The van der Waals surface area contributed by atoms with Crippen molar-refractivity contribution in [2.45, 2.75) is 26.7 Å². The standard InChI is InChI=1S/C19H17F2N3O4/c1-12-23-17(24-28-12)11-26-16-9-5-3-7-14(16)18(25)22-10-13-6-2-4-8-15(13)27-19(20)21/h2-9,19H,10-11H2,1H3,(H,22,25). The Bertz CT molecular complexity index is 946. The highest BCUT2D eigenvalue weighted by atomic mass is 19.3. The monoisotopic (exact) mass is 389 g/mol. The molecule has 1 N–H and O–H groups in total. The molecule has 1 heterocycles. The number of aromatic nitrogens is 2. The van der Waals surface area contributed by atoms with E-state index < -0.39 is 12.5 Å². The summed E-state index contributed by atoms with van der Waals surface area (Å²) in [6, 6.07) is 12.9. The van der Waals surface area contributed by atoms with E-state index in [0.29, 0.717) is 23.0 Å². The van der Waals surface area contributed by atoms with E-state index in [-0.39, 0.29) is 24.5 Å². The zero-order valence-corrected chi connectivity index (χ0v) is 14.9. The predicted molar refractivity (Wildman–Crippen MR) is 94.1 cm³/mol. The molecule has 0 aliphatic heterocycles. The molecule has 0 saturated carbocycles. The van der Waals surface area contributed by atoms with Crippen LogP contribution in [-0.4, -0.2) is 22.7 Å². The largest absolute Gasteiger partial charge is 0.485 e. The van der Waals surface area contributed by atoms with Crippen LogP contribution in [0.2, 0.25) is 0 Å². The van der Waals surface area contributed by atoms with Gasteiger partial charge in [0.05, 0.1) is 5.56 Å². The number of amides is 1. The van der Waals surface area contributed by atoms with Gasteiger partial charge in [0.15, 0.2) is 6.61 Å². The lowest BCUT2D eigenvalue weighted by Crippen LogP contribution is -2.24. The first-order valence-electron chi connectivity index (χ1n) is 8.35. The van der Waals surface area contributed by atoms with Crippen molar-refractivity contribution in [1.29, 1.82) is 0 Å². The van der Waals surface area contributed by atoms with Crippen molar-refractivity contribution in [3.8, 4) is 11.5 Å². The predicted octanol–water partition coefficient (Wildman–Crippen LogP) is 3.49. The number of aryl methyl sites for hydroxylation is 1. The summed E-state index contributed by atoms with van der Waals surface area (Å²) in [5.41, 5.74) is 0.715. The van der Waals surface area contributed by atoms with E-state index in [1.807, 2.05) is 0 Å². The number of benzene rings is 2. The van der Waals surface area contributed by atoms with Crippen LogP contribution >= 0.6 is 0 Å².